The van der Waals surface area contributed by atoms with E-state index in [0.29, 0.717) is 11.3 Å². The maximum absolute atomic E-state index is 12.3. The molecule has 162 valence electrons. The molecule has 2 aromatic rings. The molecule has 0 aromatic heterocycles. The van der Waals surface area contributed by atoms with Crippen LogP contribution in [0.15, 0.2) is 46.9 Å². The standard InChI is InChI=1S/C23H23BrN2O5/c24-18-6-1-2-7-19(18)26-21(28)13-25-22(29)14-31-23(30)11-10-20(27)17-9-8-15-4-3-5-16(15)12-17/h1-2,6-9,12H,3-5,10-11,13-14H2,(H,25,29)(H,26,28). The van der Waals surface area contributed by atoms with Crippen LogP contribution in [0.5, 0.6) is 0 Å². The first kappa shape index (κ1) is 22.7. The molecule has 0 heterocycles. The van der Waals surface area contributed by atoms with Crippen LogP contribution < -0.4 is 10.6 Å². The Balaban J connectivity index is 1.33. The first-order chi connectivity index (χ1) is 14.9. The van der Waals surface area contributed by atoms with Gasteiger partial charge in [-0.1, -0.05) is 24.3 Å². The van der Waals surface area contributed by atoms with Gasteiger partial charge < -0.3 is 15.4 Å². The van der Waals surface area contributed by atoms with Gasteiger partial charge in [-0.25, -0.2) is 0 Å². The van der Waals surface area contributed by atoms with Gasteiger partial charge in [0, 0.05) is 16.5 Å². The molecule has 0 bridgehead atoms. The minimum absolute atomic E-state index is 0.0214. The third-order valence-corrected chi connectivity index (χ3v) is 5.63. The Bertz CT molecular complexity index is 1010. The lowest BCUT2D eigenvalue weighted by molar-refractivity contribution is -0.148. The maximum Gasteiger partial charge on any atom is 0.306 e. The van der Waals surface area contributed by atoms with E-state index in [1.807, 2.05) is 18.2 Å². The molecule has 2 aromatic carbocycles. The lowest BCUT2D eigenvalue weighted by Gasteiger charge is -2.09. The lowest BCUT2D eigenvalue weighted by atomic mass is 10.0. The maximum atomic E-state index is 12.3. The number of ketones is 1. The molecule has 0 saturated carbocycles. The Morgan fingerprint density at radius 1 is 0.935 bits per heavy atom. The number of nitrogens with one attached hydrogen (secondary N) is 2. The minimum Gasteiger partial charge on any atom is -0.456 e. The number of halogens is 1. The molecule has 0 spiro atoms. The lowest BCUT2D eigenvalue weighted by Crippen LogP contribution is -2.35. The molecular formula is C23H23BrN2O5. The second-order valence-corrected chi connectivity index (χ2v) is 8.08. The molecular weight excluding hydrogens is 464 g/mol. The number of aryl methyl sites for hydroxylation is 2. The highest BCUT2D eigenvalue weighted by molar-refractivity contribution is 9.10. The highest BCUT2D eigenvalue weighted by Crippen LogP contribution is 2.23. The number of hydrogen-bond donors (Lipinski definition) is 2. The summed E-state index contributed by atoms with van der Waals surface area (Å²) in [5.41, 5.74) is 3.67. The predicted molar refractivity (Wildman–Crippen MR) is 119 cm³/mol. The average Bonchev–Trinajstić information content (AvgIpc) is 3.24. The fraction of sp³-hybridized carbons (Fsp3) is 0.304. The molecule has 0 radical (unpaired) electrons. The van der Waals surface area contributed by atoms with Crippen molar-refractivity contribution >= 4 is 45.2 Å². The van der Waals surface area contributed by atoms with Crippen molar-refractivity contribution in [3.05, 3.63) is 63.6 Å². The smallest absolute Gasteiger partial charge is 0.306 e. The average molecular weight is 487 g/mol. The Morgan fingerprint density at radius 3 is 2.52 bits per heavy atom. The summed E-state index contributed by atoms with van der Waals surface area (Å²) in [6.07, 6.45) is 3.05. The largest absolute Gasteiger partial charge is 0.456 e. The summed E-state index contributed by atoms with van der Waals surface area (Å²) >= 11 is 3.31. The molecule has 2 amide bonds. The van der Waals surface area contributed by atoms with Gasteiger partial charge >= 0.3 is 5.97 Å². The van der Waals surface area contributed by atoms with Crippen LogP contribution in [0.3, 0.4) is 0 Å². The second kappa shape index (κ2) is 10.9. The predicted octanol–water partition coefficient (Wildman–Crippen LogP) is 3.20. The van der Waals surface area contributed by atoms with Crippen molar-refractivity contribution in [3.8, 4) is 0 Å². The number of carbonyl (C=O) groups is 4. The monoisotopic (exact) mass is 486 g/mol. The van der Waals surface area contributed by atoms with Crippen molar-refractivity contribution in [2.24, 2.45) is 0 Å². The summed E-state index contributed by atoms with van der Waals surface area (Å²) in [6, 6.07) is 12.8. The summed E-state index contributed by atoms with van der Waals surface area (Å²) in [6.45, 7) is -0.761. The molecule has 2 N–H and O–H groups in total. The number of Topliss-reactive ketones (excluding diaryl/α,β-unsaturated/α-hetero) is 1. The summed E-state index contributed by atoms with van der Waals surface area (Å²) in [5.74, 6) is -1.77. The number of ether oxygens (including phenoxy) is 1. The van der Waals surface area contributed by atoms with E-state index in [1.165, 1.54) is 11.1 Å². The highest BCUT2D eigenvalue weighted by Gasteiger charge is 2.16. The van der Waals surface area contributed by atoms with E-state index in [2.05, 4.69) is 26.6 Å². The topological polar surface area (TPSA) is 102 Å². The molecule has 31 heavy (non-hydrogen) atoms. The van der Waals surface area contributed by atoms with Crippen LogP contribution in [0.1, 0.15) is 40.7 Å². The van der Waals surface area contributed by atoms with Crippen LogP contribution in [-0.4, -0.2) is 36.7 Å². The van der Waals surface area contributed by atoms with Crippen molar-refractivity contribution in [1.82, 2.24) is 5.32 Å². The van der Waals surface area contributed by atoms with Crippen LogP contribution in [-0.2, 0) is 32.0 Å². The van der Waals surface area contributed by atoms with Gasteiger partial charge in [-0.15, -0.1) is 0 Å². The zero-order valence-electron chi connectivity index (χ0n) is 16.9. The number of benzene rings is 2. The van der Waals surface area contributed by atoms with E-state index in [0.717, 1.165) is 23.7 Å². The van der Waals surface area contributed by atoms with Gasteiger partial charge in [0.2, 0.25) is 5.91 Å². The zero-order valence-corrected chi connectivity index (χ0v) is 18.5. The Hall–Kier alpha value is -3.00. The van der Waals surface area contributed by atoms with Crippen LogP contribution in [0.2, 0.25) is 0 Å². The fourth-order valence-corrected chi connectivity index (χ4v) is 3.69. The quantitative estimate of drug-likeness (QED) is 0.418. The SMILES string of the molecule is O=C(COC(=O)CCC(=O)c1ccc2c(c1)CCC2)NCC(=O)Nc1ccccc1Br. The molecule has 3 rings (SSSR count). The molecule has 0 fully saturated rings. The van der Waals surface area contributed by atoms with E-state index >= 15 is 0 Å². The van der Waals surface area contributed by atoms with Crippen LogP contribution in [0.4, 0.5) is 5.69 Å². The van der Waals surface area contributed by atoms with Crippen LogP contribution in [0.25, 0.3) is 0 Å². The Morgan fingerprint density at radius 2 is 1.71 bits per heavy atom. The molecule has 8 heteroatoms. The first-order valence-corrected chi connectivity index (χ1v) is 10.8. The third-order valence-electron chi connectivity index (χ3n) is 4.93. The zero-order chi connectivity index (χ0) is 22.2. The summed E-state index contributed by atoms with van der Waals surface area (Å²) < 4.78 is 5.61. The molecule has 0 saturated heterocycles. The van der Waals surface area contributed by atoms with Gasteiger partial charge in [0.15, 0.2) is 12.4 Å². The second-order valence-electron chi connectivity index (χ2n) is 7.23. The summed E-state index contributed by atoms with van der Waals surface area (Å²) in [5, 5.41) is 5.03. The van der Waals surface area contributed by atoms with Crippen molar-refractivity contribution in [2.45, 2.75) is 32.1 Å². The van der Waals surface area contributed by atoms with Crippen LogP contribution in [0, 0.1) is 0 Å². The van der Waals surface area contributed by atoms with E-state index < -0.39 is 24.4 Å². The van der Waals surface area contributed by atoms with Crippen molar-refractivity contribution in [2.75, 3.05) is 18.5 Å². The highest BCUT2D eigenvalue weighted by atomic mass is 79.9. The van der Waals surface area contributed by atoms with E-state index in [1.54, 1.807) is 24.3 Å². The number of amides is 2. The van der Waals surface area contributed by atoms with Gasteiger partial charge in [-0.3, -0.25) is 19.2 Å². The van der Waals surface area contributed by atoms with Gasteiger partial charge in [0.05, 0.1) is 18.7 Å². The van der Waals surface area contributed by atoms with Crippen molar-refractivity contribution in [1.29, 1.82) is 0 Å². The van der Waals surface area contributed by atoms with Gasteiger partial charge in [-0.2, -0.15) is 0 Å². The Labute approximate surface area is 188 Å². The number of esters is 1. The number of hydrogen-bond acceptors (Lipinski definition) is 5. The van der Waals surface area contributed by atoms with E-state index in [9.17, 15) is 19.2 Å². The number of para-hydroxylation sites is 1. The number of fused-ring (bicyclic) bond motifs is 1. The Kier molecular flexibility index (Phi) is 7.94. The summed E-state index contributed by atoms with van der Waals surface area (Å²) in [7, 11) is 0. The van der Waals surface area contributed by atoms with Gasteiger partial charge in [-0.05, 0) is 64.5 Å². The molecule has 0 aliphatic heterocycles. The van der Waals surface area contributed by atoms with Gasteiger partial charge in [0.1, 0.15) is 0 Å². The van der Waals surface area contributed by atoms with Crippen molar-refractivity contribution < 1.29 is 23.9 Å². The fourth-order valence-electron chi connectivity index (χ4n) is 3.31. The number of carbonyl (C=O) groups excluding carboxylic acids is 4. The molecule has 1 aliphatic rings. The molecule has 0 atom stereocenters. The minimum atomic E-state index is -0.637. The molecule has 1 aliphatic carbocycles. The summed E-state index contributed by atoms with van der Waals surface area (Å²) in [4.78, 5) is 47.8. The van der Waals surface area contributed by atoms with Crippen molar-refractivity contribution in [3.63, 3.8) is 0 Å². The number of anilines is 1. The molecule has 0 unspecified atom stereocenters. The number of rotatable bonds is 9. The van der Waals surface area contributed by atoms with Crippen LogP contribution >= 0.6 is 15.9 Å². The normalized spacial score (nSPS) is 12.0. The van der Waals surface area contributed by atoms with E-state index in [4.69, 9.17) is 4.74 Å². The molecule has 7 nitrogen and oxygen atoms in total. The van der Waals surface area contributed by atoms with Gasteiger partial charge in [0.25, 0.3) is 5.91 Å². The third kappa shape index (κ3) is 6.75. The first-order valence-electron chi connectivity index (χ1n) is 10.0. The van der Waals surface area contributed by atoms with E-state index in [-0.39, 0.29) is 25.2 Å².